The van der Waals surface area contributed by atoms with Gasteiger partial charge in [-0.1, -0.05) is 62.9 Å². The van der Waals surface area contributed by atoms with E-state index in [2.05, 4.69) is 42.4 Å². The number of hydrogen-bond acceptors (Lipinski definition) is 7. The largest absolute Gasteiger partial charge is 0.497 e. The maximum Gasteiger partial charge on any atom is 0.251 e. The lowest BCUT2D eigenvalue weighted by atomic mass is 9.87. The number of benzene rings is 3. The molecule has 9 nitrogen and oxygen atoms in total. The summed E-state index contributed by atoms with van der Waals surface area (Å²) in [6.45, 7) is 7.20. The second-order valence-electron chi connectivity index (χ2n) is 11.3. The van der Waals surface area contributed by atoms with E-state index in [4.69, 9.17) is 9.47 Å². The van der Waals surface area contributed by atoms with Crippen molar-refractivity contribution in [1.29, 1.82) is 0 Å². The lowest BCUT2D eigenvalue weighted by molar-refractivity contribution is -0.116. The monoisotopic (exact) mass is 599 g/mol. The van der Waals surface area contributed by atoms with E-state index in [0.717, 1.165) is 24.1 Å². The first kappa shape index (κ1) is 30.2. The molecule has 3 aromatic carbocycles. The summed E-state index contributed by atoms with van der Waals surface area (Å²) in [5.74, 6) is 1.63. The predicted molar refractivity (Wildman–Crippen MR) is 169 cm³/mol. The summed E-state index contributed by atoms with van der Waals surface area (Å²) in [5.41, 5.74) is 4.49. The molecule has 0 radical (unpaired) electrons. The number of rotatable bonds is 9. The van der Waals surface area contributed by atoms with Gasteiger partial charge in [-0.3, -0.25) is 14.2 Å². The molecule has 0 unspecified atom stereocenters. The van der Waals surface area contributed by atoms with Crippen LogP contribution in [-0.2, 0) is 23.2 Å². The van der Waals surface area contributed by atoms with Crippen LogP contribution in [0.25, 0.3) is 5.69 Å². The molecule has 224 valence electrons. The number of fused-ring (bicyclic) bond motifs is 1. The summed E-state index contributed by atoms with van der Waals surface area (Å²) in [7, 11) is 3.18. The standard InChI is InChI=1S/C33H37N5O4S/c1-33(2,3)24-14-12-23(13-15-24)31(40)34-20-29-35-36-32(38(29)27-19-25(41-4)16-17-28(27)42-5)43-21-30(39)37-18-8-10-22-9-6-7-11-26(22)37/h6-7,9,11-17,19H,8,10,18,20-21H2,1-5H3,(H,34,40). The second-order valence-corrected chi connectivity index (χ2v) is 12.3. The molecule has 5 rings (SSSR count). The Labute approximate surface area is 256 Å². The topological polar surface area (TPSA) is 98.6 Å². The van der Waals surface area contributed by atoms with Crippen molar-refractivity contribution >= 4 is 29.3 Å². The number of methoxy groups -OCH3 is 2. The van der Waals surface area contributed by atoms with Crippen LogP contribution < -0.4 is 19.7 Å². The van der Waals surface area contributed by atoms with Crippen LogP contribution in [0.3, 0.4) is 0 Å². The molecule has 0 saturated carbocycles. The summed E-state index contributed by atoms with van der Waals surface area (Å²) in [6.07, 6.45) is 1.89. The van der Waals surface area contributed by atoms with Gasteiger partial charge in [0.15, 0.2) is 11.0 Å². The minimum atomic E-state index is -0.222. The van der Waals surface area contributed by atoms with Gasteiger partial charge < -0.3 is 19.7 Å². The first-order valence-electron chi connectivity index (χ1n) is 14.3. The van der Waals surface area contributed by atoms with Crippen LogP contribution in [-0.4, -0.2) is 53.1 Å². The lowest BCUT2D eigenvalue weighted by Crippen LogP contribution is -2.36. The zero-order chi connectivity index (χ0) is 30.6. The number of aromatic nitrogens is 3. The normalized spacial score (nSPS) is 12.9. The zero-order valence-corrected chi connectivity index (χ0v) is 26.0. The molecule has 0 fully saturated rings. The van der Waals surface area contributed by atoms with Crippen molar-refractivity contribution in [2.45, 2.75) is 50.7 Å². The minimum absolute atomic E-state index is 0.00198. The number of para-hydroxylation sites is 1. The third-order valence-electron chi connectivity index (χ3n) is 7.48. The second kappa shape index (κ2) is 12.9. The van der Waals surface area contributed by atoms with Crippen LogP contribution in [0.2, 0.25) is 0 Å². The number of ether oxygens (including phenoxy) is 2. The number of thioether (sulfide) groups is 1. The van der Waals surface area contributed by atoms with Crippen molar-refractivity contribution in [2.75, 3.05) is 31.4 Å². The quantitative estimate of drug-likeness (QED) is 0.251. The minimum Gasteiger partial charge on any atom is -0.497 e. The van der Waals surface area contributed by atoms with Gasteiger partial charge in [0.25, 0.3) is 5.91 Å². The van der Waals surface area contributed by atoms with Crippen molar-refractivity contribution < 1.29 is 19.1 Å². The van der Waals surface area contributed by atoms with Crippen LogP contribution in [0.15, 0.2) is 71.9 Å². The Morgan fingerprint density at radius 2 is 1.72 bits per heavy atom. The van der Waals surface area contributed by atoms with Crippen molar-refractivity contribution in [3.63, 3.8) is 0 Å². The molecule has 10 heteroatoms. The fraction of sp³-hybridized carbons (Fsp3) is 0.333. The van der Waals surface area contributed by atoms with Crippen LogP contribution in [0.5, 0.6) is 11.5 Å². The molecule has 43 heavy (non-hydrogen) atoms. The van der Waals surface area contributed by atoms with Gasteiger partial charge >= 0.3 is 0 Å². The highest BCUT2D eigenvalue weighted by Gasteiger charge is 2.25. The van der Waals surface area contributed by atoms with E-state index in [1.54, 1.807) is 26.4 Å². The molecule has 1 aliphatic heterocycles. The summed E-state index contributed by atoms with van der Waals surface area (Å²) < 4.78 is 13.0. The molecule has 2 amide bonds. The van der Waals surface area contributed by atoms with E-state index in [-0.39, 0.29) is 29.5 Å². The molecule has 1 aromatic heterocycles. The summed E-state index contributed by atoms with van der Waals surface area (Å²) in [6, 6.07) is 21.1. The number of hydrogen-bond donors (Lipinski definition) is 1. The smallest absolute Gasteiger partial charge is 0.251 e. The van der Waals surface area contributed by atoms with Crippen molar-refractivity contribution in [1.82, 2.24) is 20.1 Å². The molecule has 1 N–H and O–H groups in total. The SMILES string of the molecule is COc1ccc(OC)c(-n2c(CNC(=O)c3ccc(C(C)(C)C)cc3)nnc2SCC(=O)N2CCCc3ccccc32)c1. The third-order valence-corrected chi connectivity index (χ3v) is 8.40. The van der Waals surface area contributed by atoms with Gasteiger partial charge in [0.1, 0.15) is 11.5 Å². The average molecular weight is 600 g/mol. The van der Waals surface area contributed by atoms with E-state index in [0.29, 0.717) is 40.3 Å². The van der Waals surface area contributed by atoms with Gasteiger partial charge in [-0.15, -0.1) is 10.2 Å². The first-order chi connectivity index (χ1) is 20.7. The third kappa shape index (κ3) is 6.69. The van der Waals surface area contributed by atoms with Crippen LogP contribution >= 0.6 is 11.8 Å². The number of anilines is 1. The fourth-order valence-corrected chi connectivity index (χ4v) is 5.94. The fourth-order valence-electron chi connectivity index (χ4n) is 5.10. The number of carbonyl (C=O) groups excluding carboxylic acids is 2. The van der Waals surface area contributed by atoms with E-state index in [1.807, 2.05) is 58.0 Å². The predicted octanol–water partition coefficient (Wildman–Crippen LogP) is 5.58. The van der Waals surface area contributed by atoms with E-state index in [1.165, 1.54) is 17.3 Å². The molecule has 0 bridgehead atoms. The molecule has 1 aliphatic rings. The Morgan fingerprint density at radius 1 is 0.953 bits per heavy atom. The lowest BCUT2D eigenvalue weighted by Gasteiger charge is -2.29. The first-order valence-corrected chi connectivity index (χ1v) is 15.2. The van der Waals surface area contributed by atoms with Crippen LogP contribution in [0, 0.1) is 0 Å². The van der Waals surface area contributed by atoms with Gasteiger partial charge in [-0.2, -0.15) is 0 Å². The van der Waals surface area contributed by atoms with Crippen molar-refractivity contribution in [3.05, 3.63) is 89.2 Å². The van der Waals surface area contributed by atoms with Gasteiger partial charge in [0.2, 0.25) is 5.91 Å². The van der Waals surface area contributed by atoms with Gasteiger partial charge in [0, 0.05) is 23.9 Å². The number of carbonyl (C=O) groups is 2. The van der Waals surface area contributed by atoms with Crippen molar-refractivity contribution in [3.8, 4) is 17.2 Å². The number of nitrogens with zero attached hydrogens (tertiary/aromatic N) is 4. The number of aryl methyl sites for hydroxylation is 1. The highest BCUT2D eigenvalue weighted by Crippen LogP contribution is 2.33. The molecule has 0 saturated heterocycles. The Hall–Kier alpha value is -4.31. The summed E-state index contributed by atoms with van der Waals surface area (Å²) in [4.78, 5) is 28.3. The Morgan fingerprint density at radius 3 is 2.44 bits per heavy atom. The van der Waals surface area contributed by atoms with E-state index < -0.39 is 0 Å². The summed E-state index contributed by atoms with van der Waals surface area (Å²) >= 11 is 1.30. The highest BCUT2D eigenvalue weighted by atomic mass is 32.2. The molecule has 0 spiro atoms. The number of amides is 2. The molecule has 0 atom stereocenters. The molecule has 0 aliphatic carbocycles. The number of nitrogens with one attached hydrogen (secondary N) is 1. The molecular formula is C33H37N5O4S. The van der Waals surface area contributed by atoms with Gasteiger partial charge in [-0.25, -0.2) is 0 Å². The van der Waals surface area contributed by atoms with Gasteiger partial charge in [0.05, 0.1) is 32.2 Å². The average Bonchev–Trinajstić information content (AvgIpc) is 3.43. The Balaban J connectivity index is 1.40. The highest BCUT2D eigenvalue weighted by molar-refractivity contribution is 7.99. The maximum absolute atomic E-state index is 13.4. The van der Waals surface area contributed by atoms with E-state index >= 15 is 0 Å². The summed E-state index contributed by atoms with van der Waals surface area (Å²) in [5, 5.41) is 12.3. The van der Waals surface area contributed by atoms with Crippen molar-refractivity contribution in [2.24, 2.45) is 0 Å². The molecular weight excluding hydrogens is 562 g/mol. The van der Waals surface area contributed by atoms with E-state index in [9.17, 15) is 9.59 Å². The van der Waals surface area contributed by atoms with Crippen LogP contribution in [0.4, 0.5) is 5.69 Å². The molecule has 2 heterocycles. The van der Waals surface area contributed by atoms with Gasteiger partial charge in [-0.05, 0) is 59.7 Å². The Kier molecular flexibility index (Phi) is 9.05. The van der Waals surface area contributed by atoms with Crippen LogP contribution in [0.1, 0.15) is 54.5 Å². The Bertz CT molecular complexity index is 1610. The maximum atomic E-state index is 13.4. The molecule has 4 aromatic rings. The zero-order valence-electron chi connectivity index (χ0n) is 25.2.